The molecule has 0 saturated carbocycles. The highest BCUT2D eigenvalue weighted by Gasteiger charge is 2.13. The summed E-state index contributed by atoms with van der Waals surface area (Å²) in [6.45, 7) is 3.51. The zero-order valence-electron chi connectivity index (χ0n) is 14.7. The first-order valence-corrected chi connectivity index (χ1v) is 8.02. The molecule has 3 aromatic rings. The second-order valence-corrected chi connectivity index (χ2v) is 5.87. The van der Waals surface area contributed by atoms with Gasteiger partial charge in [-0.1, -0.05) is 12.1 Å². The molecule has 0 aliphatic rings. The molecule has 0 aliphatic heterocycles. The predicted molar refractivity (Wildman–Crippen MR) is 96.8 cm³/mol. The molecule has 0 atom stereocenters. The zero-order chi connectivity index (χ0) is 18.7. The summed E-state index contributed by atoms with van der Waals surface area (Å²) in [5.74, 6) is 1.22. The van der Waals surface area contributed by atoms with Crippen LogP contribution in [-0.4, -0.2) is 32.8 Å². The molecule has 8 nitrogen and oxygen atoms in total. The van der Waals surface area contributed by atoms with E-state index in [0.717, 1.165) is 11.3 Å². The number of H-pyrrole nitrogens is 1. The lowest BCUT2D eigenvalue weighted by Gasteiger charge is -2.09. The molecule has 0 aliphatic carbocycles. The molecule has 134 valence electrons. The molecular weight excluding hydrogens is 334 g/mol. The molecule has 0 radical (unpaired) electrons. The number of benzene rings is 1. The molecule has 2 N–H and O–H groups in total. The highest BCUT2D eigenvalue weighted by atomic mass is 16.5. The quantitative estimate of drug-likeness (QED) is 0.728. The normalized spacial score (nSPS) is 10.6. The third-order valence-corrected chi connectivity index (χ3v) is 3.68. The first kappa shape index (κ1) is 17.4. The summed E-state index contributed by atoms with van der Waals surface area (Å²) in [6.07, 6.45) is 0.200. The van der Waals surface area contributed by atoms with Gasteiger partial charge in [0.05, 0.1) is 19.2 Å². The molecule has 8 heteroatoms. The van der Waals surface area contributed by atoms with Gasteiger partial charge < -0.3 is 10.1 Å². The largest absolute Gasteiger partial charge is 0.497 e. The molecular formula is C18H19N5O3. The smallest absolute Gasteiger partial charge is 0.252 e. The number of rotatable bonds is 5. The van der Waals surface area contributed by atoms with Gasteiger partial charge in [0, 0.05) is 17.8 Å². The number of aromatic nitrogens is 4. The predicted octanol–water partition coefficient (Wildman–Crippen LogP) is 1.76. The fourth-order valence-electron chi connectivity index (χ4n) is 2.53. The van der Waals surface area contributed by atoms with Crippen molar-refractivity contribution >= 4 is 11.7 Å². The zero-order valence-corrected chi connectivity index (χ0v) is 14.7. The Kier molecular flexibility index (Phi) is 4.83. The molecule has 26 heavy (non-hydrogen) atoms. The van der Waals surface area contributed by atoms with Crippen molar-refractivity contribution in [3.05, 3.63) is 63.7 Å². The van der Waals surface area contributed by atoms with Gasteiger partial charge in [0.1, 0.15) is 11.6 Å². The number of ether oxygens (including phenoxy) is 1. The molecule has 0 saturated heterocycles. The van der Waals surface area contributed by atoms with Crippen molar-refractivity contribution in [1.29, 1.82) is 0 Å². The van der Waals surface area contributed by atoms with Gasteiger partial charge in [0.25, 0.3) is 5.56 Å². The molecule has 0 unspecified atom stereocenters. The highest BCUT2D eigenvalue weighted by Crippen LogP contribution is 2.16. The Bertz CT molecular complexity index is 989. The first-order chi connectivity index (χ1) is 12.4. The summed E-state index contributed by atoms with van der Waals surface area (Å²) in [5, 5.41) is 7.11. The Morgan fingerprint density at radius 1 is 1.19 bits per heavy atom. The van der Waals surface area contributed by atoms with E-state index in [-0.39, 0.29) is 23.8 Å². The van der Waals surface area contributed by atoms with Crippen molar-refractivity contribution in [3.63, 3.8) is 0 Å². The maximum absolute atomic E-state index is 12.4. The molecule has 1 amide bonds. The van der Waals surface area contributed by atoms with E-state index in [1.54, 1.807) is 39.2 Å². The minimum Gasteiger partial charge on any atom is -0.497 e. The van der Waals surface area contributed by atoms with E-state index in [1.165, 1.54) is 10.7 Å². The van der Waals surface area contributed by atoms with Gasteiger partial charge in [0.15, 0.2) is 0 Å². The fraction of sp³-hybridized carbons (Fsp3) is 0.222. The summed E-state index contributed by atoms with van der Waals surface area (Å²) >= 11 is 0. The van der Waals surface area contributed by atoms with Crippen molar-refractivity contribution in [1.82, 2.24) is 19.7 Å². The van der Waals surface area contributed by atoms with Gasteiger partial charge in [0.2, 0.25) is 11.9 Å². The van der Waals surface area contributed by atoms with Crippen molar-refractivity contribution < 1.29 is 9.53 Å². The molecule has 2 heterocycles. The van der Waals surface area contributed by atoms with Gasteiger partial charge in [-0.05, 0) is 31.5 Å². The van der Waals surface area contributed by atoms with Crippen LogP contribution in [0.4, 0.5) is 5.82 Å². The number of aromatic amines is 1. The number of amides is 1. The van der Waals surface area contributed by atoms with Crippen LogP contribution in [0.2, 0.25) is 0 Å². The van der Waals surface area contributed by atoms with E-state index in [2.05, 4.69) is 20.4 Å². The second-order valence-electron chi connectivity index (χ2n) is 5.87. The third kappa shape index (κ3) is 3.97. The number of hydrogen-bond donors (Lipinski definition) is 2. The summed E-state index contributed by atoms with van der Waals surface area (Å²) in [6, 6.07) is 10.4. The van der Waals surface area contributed by atoms with E-state index in [1.807, 2.05) is 12.1 Å². The van der Waals surface area contributed by atoms with Crippen LogP contribution >= 0.6 is 0 Å². The van der Waals surface area contributed by atoms with Crippen molar-refractivity contribution in [2.45, 2.75) is 20.3 Å². The van der Waals surface area contributed by atoms with E-state index in [4.69, 9.17) is 4.74 Å². The Morgan fingerprint density at radius 2 is 1.92 bits per heavy atom. The van der Waals surface area contributed by atoms with Gasteiger partial charge in [-0.25, -0.2) is 4.98 Å². The van der Waals surface area contributed by atoms with Crippen LogP contribution in [0.25, 0.3) is 5.95 Å². The molecule has 3 rings (SSSR count). The molecule has 0 bridgehead atoms. The summed E-state index contributed by atoms with van der Waals surface area (Å²) in [5.41, 5.74) is 1.82. The Balaban J connectivity index is 1.81. The van der Waals surface area contributed by atoms with Crippen LogP contribution in [0, 0.1) is 13.8 Å². The lowest BCUT2D eigenvalue weighted by Crippen LogP contribution is -2.20. The van der Waals surface area contributed by atoms with Gasteiger partial charge in [-0.15, -0.1) is 0 Å². The number of carbonyl (C=O) groups is 1. The van der Waals surface area contributed by atoms with Crippen LogP contribution < -0.4 is 15.6 Å². The standard InChI is InChI=1S/C18H19N5O3/c1-11-9-16(24)21-18(19-11)23-15(8-12(2)22-23)20-17(25)10-13-4-6-14(26-3)7-5-13/h4-9H,10H2,1-3H3,(H,20,25)(H,19,21,24). The van der Waals surface area contributed by atoms with Crippen molar-refractivity contribution in [2.75, 3.05) is 12.4 Å². The van der Waals surface area contributed by atoms with Crippen LogP contribution in [0.5, 0.6) is 5.75 Å². The lowest BCUT2D eigenvalue weighted by atomic mass is 10.1. The van der Waals surface area contributed by atoms with Crippen molar-refractivity contribution in [3.8, 4) is 11.7 Å². The van der Waals surface area contributed by atoms with E-state index >= 15 is 0 Å². The third-order valence-electron chi connectivity index (χ3n) is 3.68. The minimum absolute atomic E-state index is 0.200. The maximum Gasteiger partial charge on any atom is 0.252 e. The number of nitrogens with one attached hydrogen (secondary N) is 2. The summed E-state index contributed by atoms with van der Waals surface area (Å²) in [7, 11) is 1.59. The Hall–Kier alpha value is -3.42. The van der Waals surface area contributed by atoms with Crippen LogP contribution in [0.15, 0.2) is 41.2 Å². The fourth-order valence-corrected chi connectivity index (χ4v) is 2.53. The number of nitrogens with zero attached hydrogens (tertiary/aromatic N) is 3. The van der Waals surface area contributed by atoms with Gasteiger partial charge in [-0.2, -0.15) is 9.78 Å². The van der Waals surface area contributed by atoms with Crippen LogP contribution in [0.3, 0.4) is 0 Å². The lowest BCUT2D eigenvalue weighted by molar-refractivity contribution is -0.115. The Morgan fingerprint density at radius 3 is 2.58 bits per heavy atom. The summed E-state index contributed by atoms with van der Waals surface area (Å²) < 4.78 is 6.52. The topological polar surface area (TPSA) is 102 Å². The SMILES string of the molecule is COc1ccc(CC(=O)Nc2cc(C)nn2-c2nc(C)cc(=O)[nH]2)cc1. The van der Waals surface area contributed by atoms with Crippen molar-refractivity contribution in [2.24, 2.45) is 0 Å². The van der Waals surface area contributed by atoms with Gasteiger partial charge in [-0.3, -0.25) is 14.6 Å². The highest BCUT2D eigenvalue weighted by molar-refractivity contribution is 5.91. The molecule has 0 spiro atoms. The average molecular weight is 353 g/mol. The van der Waals surface area contributed by atoms with E-state index in [0.29, 0.717) is 17.2 Å². The number of aryl methyl sites for hydroxylation is 2. The van der Waals surface area contributed by atoms with E-state index in [9.17, 15) is 9.59 Å². The minimum atomic E-state index is -0.281. The monoisotopic (exact) mass is 353 g/mol. The van der Waals surface area contributed by atoms with E-state index < -0.39 is 0 Å². The van der Waals surface area contributed by atoms with Crippen LogP contribution in [-0.2, 0) is 11.2 Å². The molecule has 2 aromatic heterocycles. The summed E-state index contributed by atoms with van der Waals surface area (Å²) in [4.78, 5) is 31.0. The number of anilines is 1. The number of hydrogen-bond acceptors (Lipinski definition) is 5. The Labute approximate surface area is 149 Å². The van der Waals surface area contributed by atoms with Gasteiger partial charge >= 0.3 is 0 Å². The molecule has 0 fully saturated rings. The second kappa shape index (κ2) is 7.22. The molecule has 1 aromatic carbocycles. The van der Waals surface area contributed by atoms with Crippen LogP contribution in [0.1, 0.15) is 17.0 Å². The first-order valence-electron chi connectivity index (χ1n) is 8.02. The number of methoxy groups -OCH3 is 1. The number of carbonyl (C=O) groups excluding carboxylic acids is 1. The average Bonchev–Trinajstić information content (AvgIpc) is 2.95. The maximum atomic E-state index is 12.4.